The van der Waals surface area contributed by atoms with Crippen molar-refractivity contribution in [2.75, 3.05) is 0 Å². The third-order valence-corrected chi connectivity index (χ3v) is 5.93. The first-order valence-corrected chi connectivity index (χ1v) is 9.02. The molecule has 3 heterocycles. The molecule has 23 heavy (non-hydrogen) atoms. The first-order chi connectivity index (χ1) is 11.3. The van der Waals surface area contributed by atoms with Crippen molar-refractivity contribution >= 4 is 32.5 Å². The molecule has 0 saturated carbocycles. The summed E-state index contributed by atoms with van der Waals surface area (Å²) >= 11 is 1.88. The largest absolute Gasteiger partial charge is 0.456 e. The van der Waals surface area contributed by atoms with E-state index < -0.39 is 0 Å². The van der Waals surface area contributed by atoms with Crippen molar-refractivity contribution in [3.63, 3.8) is 0 Å². The van der Waals surface area contributed by atoms with E-state index in [2.05, 4.69) is 31.2 Å². The normalized spacial score (nSPS) is 14.5. The summed E-state index contributed by atoms with van der Waals surface area (Å²) in [5.74, 6) is 0.966. The molecule has 0 spiro atoms. The number of rotatable bonds is 1. The topological polar surface area (TPSA) is 26.0 Å². The van der Waals surface area contributed by atoms with Crippen molar-refractivity contribution in [3.8, 4) is 11.3 Å². The van der Waals surface area contributed by atoms with Crippen molar-refractivity contribution < 1.29 is 4.42 Å². The van der Waals surface area contributed by atoms with Crippen LogP contribution in [0.5, 0.6) is 0 Å². The molecule has 1 aliphatic rings. The Morgan fingerprint density at radius 1 is 1.09 bits per heavy atom. The Hall–Kier alpha value is -2.13. The lowest BCUT2D eigenvalue weighted by molar-refractivity contribution is 0.632. The number of aryl methyl sites for hydroxylation is 3. The van der Waals surface area contributed by atoms with Gasteiger partial charge in [-0.1, -0.05) is 18.2 Å². The molecule has 0 saturated heterocycles. The van der Waals surface area contributed by atoms with E-state index in [4.69, 9.17) is 9.40 Å². The van der Waals surface area contributed by atoms with E-state index in [9.17, 15) is 0 Å². The van der Waals surface area contributed by atoms with E-state index in [0.717, 1.165) is 22.4 Å². The minimum Gasteiger partial charge on any atom is -0.456 e. The summed E-state index contributed by atoms with van der Waals surface area (Å²) in [7, 11) is 0. The number of aromatic nitrogens is 1. The Kier molecular flexibility index (Phi) is 2.86. The molecule has 5 rings (SSSR count). The van der Waals surface area contributed by atoms with Gasteiger partial charge in [0.05, 0.1) is 0 Å². The van der Waals surface area contributed by atoms with Gasteiger partial charge in [0.25, 0.3) is 0 Å². The van der Waals surface area contributed by atoms with Gasteiger partial charge >= 0.3 is 0 Å². The second-order valence-corrected chi connectivity index (χ2v) is 7.43. The van der Waals surface area contributed by atoms with Gasteiger partial charge in [-0.15, -0.1) is 11.3 Å². The zero-order valence-corrected chi connectivity index (χ0v) is 13.9. The lowest BCUT2D eigenvalue weighted by Gasteiger charge is -2.11. The third kappa shape index (κ3) is 2.03. The summed E-state index contributed by atoms with van der Waals surface area (Å²) < 4.78 is 6.15. The number of thiophene rings is 1. The number of furan rings is 1. The zero-order valence-electron chi connectivity index (χ0n) is 13.1. The van der Waals surface area contributed by atoms with Crippen LogP contribution in [0.15, 0.2) is 40.8 Å². The van der Waals surface area contributed by atoms with Crippen LogP contribution in [-0.4, -0.2) is 4.98 Å². The minimum absolute atomic E-state index is 0.953. The summed E-state index contributed by atoms with van der Waals surface area (Å²) in [6.45, 7) is 2.07. The summed E-state index contributed by atoms with van der Waals surface area (Å²) in [4.78, 5) is 7.50. The SMILES string of the molecule is Cc1cc(-c2cc3ccccc3o2)c2c3c(sc2n1)CCCC3. The first kappa shape index (κ1) is 13.3. The highest BCUT2D eigenvalue weighted by Gasteiger charge is 2.21. The summed E-state index contributed by atoms with van der Waals surface area (Å²) in [6.07, 6.45) is 4.97. The van der Waals surface area contributed by atoms with Crippen LogP contribution in [0.1, 0.15) is 29.0 Å². The molecule has 0 bridgehead atoms. The molecule has 1 aromatic carbocycles. The standard InChI is InChI=1S/C20H17NOS/c1-12-10-15(17-11-13-6-2-4-8-16(13)22-17)19-14-7-3-5-9-18(14)23-20(19)21-12/h2,4,6,8,10-11H,3,5,7,9H2,1H3. The van der Waals surface area contributed by atoms with E-state index in [1.54, 1.807) is 0 Å². The Morgan fingerprint density at radius 2 is 1.96 bits per heavy atom. The fourth-order valence-electron chi connectivity index (χ4n) is 3.69. The van der Waals surface area contributed by atoms with Gasteiger partial charge < -0.3 is 4.42 Å². The lowest BCUT2D eigenvalue weighted by atomic mass is 9.94. The Morgan fingerprint density at radius 3 is 2.87 bits per heavy atom. The van der Waals surface area contributed by atoms with Gasteiger partial charge in [-0.05, 0) is 56.4 Å². The van der Waals surface area contributed by atoms with Crippen molar-refractivity contribution in [1.29, 1.82) is 0 Å². The van der Waals surface area contributed by atoms with E-state index >= 15 is 0 Å². The number of hydrogen-bond acceptors (Lipinski definition) is 3. The highest BCUT2D eigenvalue weighted by molar-refractivity contribution is 7.19. The highest BCUT2D eigenvalue weighted by Crippen LogP contribution is 2.42. The van der Waals surface area contributed by atoms with Crippen LogP contribution in [0, 0.1) is 6.92 Å². The maximum Gasteiger partial charge on any atom is 0.136 e. The number of para-hydroxylation sites is 1. The van der Waals surface area contributed by atoms with Crippen LogP contribution in [0.4, 0.5) is 0 Å². The Labute approximate surface area is 138 Å². The maximum atomic E-state index is 6.15. The average molecular weight is 319 g/mol. The molecule has 0 aliphatic heterocycles. The molecule has 0 N–H and O–H groups in total. The monoisotopic (exact) mass is 319 g/mol. The number of pyridine rings is 1. The van der Waals surface area contributed by atoms with Crippen LogP contribution >= 0.6 is 11.3 Å². The molecule has 2 nitrogen and oxygen atoms in total. The predicted octanol–water partition coefficient (Wildman–Crippen LogP) is 5.90. The molecule has 3 aromatic heterocycles. The fourth-order valence-corrected chi connectivity index (χ4v) is 5.02. The van der Waals surface area contributed by atoms with Gasteiger partial charge in [-0.2, -0.15) is 0 Å². The molecule has 114 valence electrons. The Bertz CT molecular complexity index is 1010. The van der Waals surface area contributed by atoms with Crippen molar-refractivity contribution in [2.24, 2.45) is 0 Å². The number of nitrogens with zero attached hydrogens (tertiary/aromatic N) is 1. The van der Waals surface area contributed by atoms with E-state index in [1.165, 1.54) is 51.9 Å². The number of fused-ring (bicyclic) bond motifs is 4. The second-order valence-electron chi connectivity index (χ2n) is 6.35. The molecule has 4 aromatic rings. The van der Waals surface area contributed by atoms with Crippen molar-refractivity contribution in [3.05, 3.63) is 52.5 Å². The molecule has 0 radical (unpaired) electrons. The molecule has 1 aliphatic carbocycles. The smallest absolute Gasteiger partial charge is 0.136 e. The summed E-state index contributed by atoms with van der Waals surface area (Å²) in [6, 6.07) is 12.6. The highest BCUT2D eigenvalue weighted by atomic mass is 32.1. The molecule has 0 atom stereocenters. The predicted molar refractivity (Wildman–Crippen MR) is 96.2 cm³/mol. The van der Waals surface area contributed by atoms with Crippen LogP contribution in [0.25, 0.3) is 32.5 Å². The quantitative estimate of drug-likeness (QED) is 0.437. The molecular weight excluding hydrogens is 302 g/mol. The van der Waals surface area contributed by atoms with Crippen molar-refractivity contribution in [1.82, 2.24) is 4.98 Å². The summed E-state index contributed by atoms with van der Waals surface area (Å²) in [5, 5.41) is 2.49. The number of hydrogen-bond donors (Lipinski definition) is 0. The van der Waals surface area contributed by atoms with Crippen LogP contribution in [-0.2, 0) is 12.8 Å². The Balaban J connectivity index is 1.84. The molecule has 0 fully saturated rings. The van der Waals surface area contributed by atoms with Crippen LogP contribution in [0.3, 0.4) is 0 Å². The summed E-state index contributed by atoms with van der Waals surface area (Å²) in [5.41, 5.74) is 4.74. The third-order valence-electron chi connectivity index (χ3n) is 4.74. The number of benzene rings is 1. The lowest BCUT2D eigenvalue weighted by Crippen LogP contribution is -1.98. The second kappa shape index (κ2) is 4.93. The van der Waals surface area contributed by atoms with E-state index in [0.29, 0.717) is 0 Å². The maximum absolute atomic E-state index is 6.15. The zero-order chi connectivity index (χ0) is 15.4. The van der Waals surface area contributed by atoms with E-state index in [-0.39, 0.29) is 0 Å². The molecular formula is C20H17NOS. The van der Waals surface area contributed by atoms with Crippen LogP contribution < -0.4 is 0 Å². The van der Waals surface area contributed by atoms with E-state index in [1.807, 2.05) is 23.5 Å². The van der Waals surface area contributed by atoms with Crippen molar-refractivity contribution in [2.45, 2.75) is 32.6 Å². The minimum atomic E-state index is 0.953. The van der Waals surface area contributed by atoms with Gasteiger partial charge in [0, 0.05) is 26.9 Å². The fraction of sp³-hybridized carbons (Fsp3) is 0.250. The molecule has 0 unspecified atom stereocenters. The van der Waals surface area contributed by atoms with Gasteiger partial charge in [0.2, 0.25) is 0 Å². The molecule has 3 heteroatoms. The first-order valence-electron chi connectivity index (χ1n) is 8.20. The van der Waals surface area contributed by atoms with Gasteiger partial charge in [0.1, 0.15) is 16.2 Å². The van der Waals surface area contributed by atoms with Gasteiger partial charge in [-0.3, -0.25) is 0 Å². The van der Waals surface area contributed by atoms with Crippen LogP contribution in [0.2, 0.25) is 0 Å². The average Bonchev–Trinajstić information content (AvgIpc) is 3.14. The van der Waals surface area contributed by atoms with Gasteiger partial charge in [0.15, 0.2) is 0 Å². The molecule has 0 amide bonds. The van der Waals surface area contributed by atoms with Gasteiger partial charge in [-0.25, -0.2) is 4.98 Å².